The van der Waals surface area contributed by atoms with Gasteiger partial charge in [-0.15, -0.1) is 0 Å². The standard InChI is InChI=1S/C13H18N2O/c1-8(2)10-12-11(15-7-16-12)9(6-14-10)13(3,4)5/h6-8H,1-5H3. The van der Waals surface area contributed by atoms with Gasteiger partial charge in [0.15, 0.2) is 12.0 Å². The Labute approximate surface area is 95.9 Å². The van der Waals surface area contributed by atoms with Gasteiger partial charge in [-0.2, -0.15) is 0 Å². The highest BCUT2D eigenvalue weighted by atomic mass is 16.3. The van der Waals surface area contributed by atoms with E-state index in [-0.39, 0.29) is 5.41 Å². The molecule has 0 aliphatic rings. The van der Waals surface area contributed by atoms with Gasteiger partial charge in [0.1, 0.15) is 5.52 Å². The fourth-order valence-electron chi connectivity index (χ4n) is 1.83. The monoisotopic (exact) mass is 218 g/mol. The van der Waals surface area contributed by atoms with Crippen molar-refractivity contribution >= 4 is 11.1 Å². The maximum atomic E-state index is 5.47. The normalized spacial score (nSPS) is 12.6. The molecule has 0 aliphatic carbocycles. The van der Waals surface area contributed by atoms with Gasteiger partial charge in [-0.3, -0.25) is 4.98 Å². The highest BCUT2D eigenvalue weighted by molar-refractivity contribution is 5.79. The molecule has 0 radical (unpaired) electrons. The zero-order valence-electron chi connectivity index (χ0n) is 10.5. The Hall–Kier alpha value is -1.38. The number of oxazole rings is 1. The van der Waals surface area contributed by atoms with Crippen LogP contribution in [0.3, 0.4) is 0 Å². The van der Waals surface area contributed by atoms with Crippen molar-refractivity contribution in [3.63, 3.8) is 0 Å². The van der Waals surface area contributed by atoms with Gasteiger partial charge in [0.05, 0.1) is 5.69 Å². The van der Waals surface area contributed by atoms with Crippen LogP contribution in [0.5, 0.6) is 0 Å². The predicted octanol–water partition coefficient (Wildman–Crippen LogP) is 3.64. The Kier molecular flexibility index (Phi) is 2.49. The minimum atomic E-state index is 0.0393. The molecule has 0 bridgehead atoms. The van der Waals surface area contributed by atoms with E-state index in [2.05, 4.69) is 44.6 Å². The molecule has 2 aromatic rings. The van der Waals surface area contributed by atoms with E-state index in [0.29, 0.717) is 5.92 Å². The number of pyridine rings is 1. The fraction of sp³-hybridized carbons (Fsp3) is 0.538. The Morgan fingerprint density at radius 2 is 1.88 bits per heavy atom. The summed E-state index contributed by atoms with van der Waals surface area (Å²) in [5.74, 6) is 0.351. The molecule has 0 unspecified atom stereocenters. The van der Waals surface area contributed by atoms with E-state index in [1.54, 1.807) is 0 Å². The number of nitrogens with zero attached hydrogens (tertiary/aromatic N) is 2. The molecule has 0 spiro atoms. The average Bonchev–Trinajstić information content (AvgIpc) is 2.61. The van der Waals surface area contributed by atoms with Crippen molar-refractivity contribution in [1.82, 2.24) is 9.97 Å². The lowest BCUT2D eigenvalue weighted by Gasteiger charge is -2.19. The van der Waals surface area contributed by atoms with Gasteiger partial charge in [0.2, 0.25) is 0 Å². The largest absolute Gasteiger partial charge is 0.442 e. The summed E-state index contributed by atoms with van der Waals surface area (Å²) >= 11 is 0. The van der Waals surface area contributed by atoms with Crippen LogP contribution in [0.25, 0.3) is 11.1 Å². The number of hydrogen-bond acceptors (Lipinski definition) is 3. The summed E-state index contributed by atoms with van der Waals surface area (Å²) in [5.41, 5.74) is 3.95. The first-order chi connectivity index (χ1) is 7.41. The van der Waals surface area contributed by atoms with E-state index in [9.17, 15) is 0 Å². The summed E-state index contributed by atoms with van der Waals surface area (Å²) in [6, 6.07) is 0. The van der Waals surface area contributed by atoms with Crippen molar-refractivity contribution < 1.29 is 4.42 Å². The zero-order chi connectivity index (χ0) is 11.9. The lowest BCUT2D eigenvalue weighted by Crippen LogP contribution is -2.13. The van der Waals surface area contributed by atoms with E-state index < -0.39 is 0 Å². The first-order valence-electron chi connectivity index (χ1n) is 5.64. The lowest BCUT2D eigenvalue weighted by molar-refractivity contribution is 0.581. The molecule has 0 aromatic carbocycles. The third kappa shape index (κ3) is 1.70. The zero-order valence-corrected chi connectivity index (χ0v) is 10.5. The molecule has 0 saturated carbocycles. The number of hydrogen-bond donors (Lipinski definition) is 0. The van der Waals surface area contributed by atoms with E-state index in [1.165, 1.54) is 6.39 Å². The molecule has 2 rings (SSSR count). The van der Waals surface area contributed by atoms with Crippen molar-refractivity contribution in [2.24, 2.45) is 0 Å². The van der Waals surface area contributed by atoms with Crippen molar-refractivity contribution in [3.8, 4) is 0 Å². The van der Waals surface area contributed by atoms with Crippen LogP contribution in [0.4, 0.5) is 0 Å². The van der Waals surface area contributed by atoms with Gasteiger partial charge in [-0.05, 0) is 11.3 Å². The number of fused-ring (bicyclic) bond motifs is 1. The molecule has 2 heterocycles. The van der Waals surface area contributed by atoms with Crippen LogP contribution in [0.2, 0.25) is 0 Å². The van der Waals surface area contributed by atoms with Crippen LogP contribution in [0.1, 0.15) is 51.8 Å². The van der Waals surface area contributed by atoms with Crippen LogP contribution < -0.4 is 0 Å². The SMILES string of the molecule is CC(C)c1ncc(C(C)(C)C)c2ncoc12. The van der Waals surface area contributed by atoms with Crippen LogP contribution in [-0.4, -0.2) is 9.97 Å². The van der Waals surface area contributed by atoms with E-state index in [1.807, 2.05) is 6.20 Å². The summed E-state index contributed by atoms with van der Waals surface area (Å²) in [6.07, 6.45) is 3.44. The van der Waals surface area contributed by atoms with Crippen LogP contribution in [0, 0.1) is 0 Å². The van der Waals surface area contributed by atoms with Crippen LogP contribution in [-0.2, 0) is 5.41 Å². The molecule has 3 nitrogen and oxygen atoms in total. The molecular weight excluding hydrogens is 200 g/mol. The van der Waals surface area contributed by atoms with E-state index >= 15 is 0 Å². The van der Waals surface area contributed by atoms with Crippen molar-refractivity contribution in [3.05, 3.63) is 23.8 Å². The molecule has 16 heavy (non-hydrogen) atoms. The van der Waals surface area contributed by atoms with Gasteiger partial charge < -0.3 is 4.42 Å². The molecule has 86 valence electrons. The Morgan fingerprint density at radius 1 is 1.19 bits per heavy atom. The topological polar surface area (TPSA) is 38.9 Å². The molecule has 0 atom stereocenters. The van der Waals surface area contributed by atoms with Crippen LogP contribution >= 0.6 is 0 Å². The Morgan fingerprint density at radius 3 is 2.44 bits per heavy atom. The molecule has 0 amide bonds. The van der Waals surface area contributed by atoms with Crippen molar-refractivity contribution in [2.45, 2.75) is 46.0 Å². The Bertz CT molecular complexity index is 506. The van der Waals surface area contributed by atoms with Crippen molar-refractivity contribution in [1.29, 1.82) is 0 Å². The summed E-state index contributed by atoms with van der Waals surface area (Å²) in [7, 11) is 0. The third-order valence-electron chi connectivity index (χ3n) is 2.74. The second-order valence-electron chi connectivity index (χ2n) is 5.49. The smallest absolute Gasteiger partial charge is 0.182 e. The maximum Gasteiger partial charge on any atom is 0.182 e. The van der Waals surface area contributed by atoms with Gasteiger partial charge in [0, 0.05) is 11.8 Å². The highest BCUT2D eigenvalue weighted by Gasteiger charge is 2.22. The second kappa shape index (κ2) is 3.58. The summed E-state index contributed by atoms with van der Waals surface area (Å²) in [4.78, 5) is 8.83. The minimum Gasteiger partial charge on any atom is -0.442 e. The molecule has 0 N–H and O–H groups in total. The minimum absolute atomic E-state index is 0.0393. The Balaban J connectivity index is 2.74. The third-order valence-corrected chi connectivity index (χ3v) is 2.74. The molecular formula is C13H18N2O. The van der Waals surface area contributed by atoms with E-state index in [4.69, 9.17) is 4.42 Å². The summed E-state index contributed by atoms with van der Waals surface area (Å²) in [5, 5.41) is 0. The van der Waals surface area contributed by atoms with Gasteiger partial charge in [0.25, 0.3) is 0 Å². The summed E-state index contributed by atoms with van der Waals surface area (Å²) < 4.78 is 5.47. The quantitative estimate of drug-likeness (QED) is 0.733. The van der Waals surface area contributed by atoms with E-state index in [0.717, 1.165) is 22.4 Å². The first kappa shape index (κ1) is 11.1. The van der Waals surface area contributed by atoms with Crippen molar-refractivity contribution in [2.75, 3.05) is 0 Å². The predicted molar refractivity (Wildman–Crippen MR) is 64.6 cm³/mol. The molecule has 0 fully saturated rings. The van der Waals surface area contributed by atoms with Gasteiger partial charge >= 0.3 is 0 Å². The first-order valence-corrected chi connectivity index (χ1v) is 5.64. The maximum absolute atomic E-state index is 5.47. The van der Waals surface area contributed by atoms with Crippen LogP contribution in [0.15, 0.2) is 17.0 Å². The second-order valence-corrected chi connectivity index (χ2v) is 5.49. The highest BCUT2D eigenvalue weighted by Crippen LogP contribution is 2.31. The van der Waals surface area contributed by atoms with Gasteiger partial charge in [-0.25, -0.2) is 4.98 Å². The van der Waals surface area contributed by atoms with Gasteiger partial charge in [-0.1, -0.05) is 34.6 Å². The fourth-order valence-corrected chi connectivity index (χ4v) is 1.83. The lowest BCUT2D eigenvalue weighted by atomic mass is 9.87. The average molecular weight is 218 g/mol. The number of rotatable bonds is 1. The molecule has 2 aromatic heterocycles. The molecule has 0 aliphatic heterocycles. The molecule has 0 saturated heterocycles. The summed E-state index contributed by atoms with van der Waals surface area (Å²) in [6.45, 7) is 10.7. The number of aromatic nitrogens is 2. The molecule has 3 heteroatoms.